The molecule has 23 heavy (non-hydrogen) atoms. The van der Waals surface area contributed by atoms with E-state index in [4.69, 9.17) is 4.74 Å². The highest BCUT2D eigenvalue weighted by molar-refractivity contribution is 14.0. The smallest absolute Gasteiger partial charge is 0.191 e. The largest absolute Gasteiger partial charge is 0.377 e. The van der Waals surface area contributed by atoms with Crippen LogP contribution in [-0.4, -0.2) is 31.8 Å². The molecule has 0 radical (unpaired) electrons. The van der Waals surface area contributed by atoms with E-state index in [1.807, 2.05) is 7.05 Å². The van der Waals surface area contributed by atoms with Gasteiger partial charge in [-0.25, -0.2) is 0 Å². The van der Waals surface area contributed by atoms with E-state index < -0.39 is 0 Å². The highest BCUT2D eigenvalue weighted by atomic mass is 127. The molecule has 1 aromatic rings. The minimum Gasteiger partial charge on any atom is -0.377 e. The van der Waals surface area contributed by atoms with Crippen molar-refractivity contribution in [3.63, 3.8) is 0 Å². The predicted molar refractivity (Wildman–Crippen MR) is 108 cm³/mol. The summed E-state index contributed by atoms with van der Waals surface area (Å²) < 4.78 is 5.97. The van der Waals surface area contributed by atoms with Gasteiger partial charge in [-0.05, 0) is 36.8 Å². The number of aryl methyl sites for hydroxylation is 1. The minimum absolute atomic E-state index is 0. The van der Waals surface area contributed by atoms with Crippen molar-refractivity contribution in [3.05, 3.63) is 21.9 Å². The van der Waals surface area contributed by atoms with E-state index in [2.05, 4.69) is 47.8 Å². The molecular weight excluding hydrogens is 421 g/mol. The van der Waals surface area contributed by atoms with E-state index in [0.29, 0.717) is 18.1 Å². The van der Waals surface area contributed by atoms with Crippen LogP contribution in [0, 0.1) is 18.3 Å². The molecule has 1 saturated heterocycles. The first kappa shape index (κ1) is 19.0. The van der Waals surface area contributed by atoms with Crippen molar-refractivity contribution in [2.24, 2.45) is 16.3 Å². The average molecular weight is 449 g/mol. The van der Waals surface area contributed by atoms with Crippen LogP contribution in [0.4, 0.5) is 0 Å². The molecule has 0 amide bonds. The van der Waals surface area contributed by atoms with Crippen LogP contribution in [0.2, 0.25) is 0 Å². The number of rotatable bonds is 3. The number of nitrogens with zero attached hydrogens (tertiary/aromatic N) is 1. The zero-order valence-electron chi connectivity index (χ0n) is 14.4. The second-order valence-corrected chi connectivity index (χ2v) is 7.99. The normalized spacial score (nSPS) is 29.0. The standard InChI is InChI=1S/C17H27N3OS.HI/c1-11-7-9-22-13(11)10-19-16(18-4)20-14-12-6-5-8-21-15(12)17(14,2)3;/h7,9,12,14-15H,5-6,8,10H2,1-4H3,(H2,18,19,20);1H. The number of nitrogens with one attached hydrogen (secondary N) is 2. The number of hydrogen-bond acceptors (Lipinski definition) is 3. The number of ether oxygens (including phenoxy) is 1. The molecular formula is C17H28IN3OS. The highest BCUT2D eigenvalue weighted by Gasteiger charge is 2.58. The van der Waals surface area contributed by atoms with Gasteiger partial charge in [0, 0.05) is 35.9 Å². The van der Waals surface area contributed by atoms with Gasteiger partial charge in [0.15, 0.2) is 5.96 Å². The van der Waals surface area contributed by atoms with Crippen molar-refractivity contribution in [1.82, 2.24) is 10.6 Å². The van der Waals surface area contributed by atoms with Crippen LogP contribution in [-0.2, 0) is 11.3 Å². The Labute approximate surface area is 160 Å². The molecule has 1 aliphatic carbocycles. The van der Waals surface area contributed by atoms with Crippen molar-refractivity contribution in [2.75, 3.05) is 13.7 Å². The van der Waals surface area contributed by atoms with Gasteiger partial charge in [-0.2, -0.15) is 0 Å². The molecule has 4 nitrogen and oxygen atoms in total. The van der Waals surface area contributed by atoms with Gasteiger partial charge in [0.25, 0.3) is 0 Å². The molecule has 3 rings (SSSR count). The maximum absolute atomic E-state index is 5.97. The summed E-state index contributed by atoms with van der Waals surface area (Å²) in [5, 5.41) is 9.23. The number of aliphatic imine (C=N–C) groups is 1. The molecule has 6 heteroatoms. The Morgan fingerprint density at radius 3 is 2.91 bits per heavy atom. The Bertz CT molecular complexity index is 558. The first-order valence-corrected chi connectivity index (χ1v) is 9.03. The number of guanidine groups is 1. The van der Waals surface area contributed by atoms with Crippen molar-refractivity contribution >= 4 is 41.3 Å². The first-order chi connectivity index (χ1) is 10.5. The molecule has 2 heterocycles. The average Bonchev–Trinajstić information content (AvgIpc) is 2.92. The molecule has 3 unspecified atom stereocenters. The Balaban J connectivity index is 0.00000192. The first-order valence-electron chi connectivity index (χ1n) is 8.16. The van der Waals surface area contributed by atoms with Crippen LogP contribution < -0.4 is 10.6 Å². The van der Waals surface area contributed by atoms with Crippen molar-refractivity contribution in [2.45, 2.75) is 52.3 Å². The molecule has 2 N–H and O–H groups in total. The van der Waals surface area contributed by atoms with Crippen LogP contribution >= 0.6 is 35.3 Å². The van der Waals surface area contributed by atoms with Crippen molar-refractivity contribution in [1.29, 1.82) is 0 Å². The third kappa shape index (κ3) is 3.69. The van der Waals surface area contributed by atoms with Crippen LogP contribution in [0.25, 0.3) is 0 Å². The maximum atomic E-state index is 5.97. The van der Waals surface area contributed by atoms with Crippen LogP contribution in [0.3, 0.4) is 0 Å². The number of fused-ring (bicyclic) bond motifs is 1. The Morgan fingerprint density at radius 1 is 1.48 bits per heavy atom. The van der Waals surface area contributed by atoms with Gasteiger partial charge in [-0.1, -0.05) is 13.8 Å². The zero-order chi connectivity index (χ0) is 15.7. The van der Waals surface area contributed by atoms with Gasteiger partial charge >= 0.3 is 0 Å². The zero-order valence-corrected chi connectivity index (χ0v) is 17.5. The van der Waals surface area contributed by atoms with Gasteiger partial charge in [0.05, 0.1) is 12.6 Å². The van der Waals surface area contributed by atoms with Crippen molar-refractivity contribution < 1.29 is 4.74 Å². The van der Waals surface area contributed by atoms with E-state index >= 15 is 0 Å². The predicted octanol–water partition coefficient (Wildman–Crippen LogP) is 3.54. The molecule has 3 atom stereocenters. The summed E-state index contributed by atoms with van der Waals surface area (Å²) in [6, 6.07) is 2.60. The summed E-state index contributed by atoms with van der Waals surface area (Å²) in [6.07, 6.45) is 2.83. The number of hydrogen-bond donors (Lipinski definition) is 2. The lowest BCUT2D eigenvalue weighted by molar-refractivity contribution is -0.188. The lowest BCUT2D eigenvalue weighted by Crippen LogP contribution is -2.70. The summed E-state index contributed by atoms with van der Waals surface area (Å²) in [5.74, 6) is 1.51. The molecule has 0 spiro atoms. The third-order valence-electron chi connectivity index (χ3n) is 5.23. The Kier molecular flexibility index (Phi) is 6.35. The molecule has 2 fully saturated rings. The molecule has 1 aromatic heterocycles. The summed E-state index contributed by atoms with van der Waals surface area (Å²) in [6.45, 7) is 8.51. The molecule has 1 saturated carbocycles. The molecule has 130 valence electrons. The van der Waals surface area contributed by atoms with Crippen LogP contribution in [0.15, 0.2) is 16.4 Å². The van der Waals surface area contributed by atoms with E-state index in [-0.39, 0.29) is 29.4 Å². The van der Waals surface area contributed by atoms with Gasteiger partial charge in [0.1, 0.15) is 0 Å². The van der Waals surface area contributed by atoms with Crippen LogP contribution in [0.5, 0.6) is 0 Å². The van der Waals surface area contributed by atoms with Crippen LogP contribution in [0.1, 0.15) is 37.1 Å². The summed E-state index contributed by atoms with van der Waals surface area (Å²) in [4.78, 5) is 5.77. The van der Waals surface area contributed by atoms with Gasteiger partial charge in [-0.15, -0.1) is 35.3 Å². The Hall–Kier alpha value is -0.340. The fourth-order valence-electron chi connectivity index (χ4n) is 3.91. The maximum Gasteiger partial charge on any atom is 0.191 e. The summed E-state index contributed by atoms with van der Waals surface area (Å²) in [7, 11) is 1.84. The molecule has 0 aromatic carbocycles. The fourth-order valence-corrected chi connectivity index (χ4v) is 4.75. The second-order valence-electron chi connectivity index (χ2n) is 6.99. The third-order valence-corrected chi connectivity index (χ3v) is 6.25. The number of thiophene rings is 1. The van der Waals surface area contributed by atoms with Gasteiger partial charge in [0.2, 0.25) is 0 Å². The van der Waals surface area contributed by atoms with Crippen molar-refractivity contribution in [3.8, 4) is 0 Å². The lowest BCUT2D eigenvalue weighted by atomic mass is 9.55. The van der Waals surface area contributed by atoms with E-state index in [1.165, 1.54) is 23.3 Å². The van der Waals surface area contributed by atoms with Gasteiger partial charge in [-0.3, -0.25) is 4.99 Å². The second kappa shape index (κ2) is 7.70. The van der Waals surface area contributed by atoms with Gasteiger partial charge < -0.3 is 15.4 Å². The highest BCUT2D eigenvalue weighted by Crippen LogP contribution is 2.51. The SMILES string of the molecule is CN=C(NCc1sccc1C)NC1C2CCCOC2C1(C)C.I. The number of halogens is 1. The molecule has 1 aliphatic heterocycles. The lowest BCUT2D eigenvalue weighted by Gasteiger charge is -2.60. The monoisotopic (exact) mass is 449 g/mol. The molecule has 0 bridgehead atoms. The quantitative estimate of drug-likeness (QED) is 0.422. The van der Waals surface area contributed by atoms with E-state index in [1.54, 1.807) is 11.3 Å². The minimum atomic E-state index is 0. The van der Waals surface area contributed by atoms with E-state index in [9.17, 15) is 0 Å². The topological polar surface area (TPSA) is 45.7 Å². The fraction of sp³-hybridized carbons (Fsp3) is 0.706. The summed E-state index contributed by atoms with van der Waals surface area (Å²) >= 11 is 1.79. The molecule has 2 aliphatic rings. The summed E-state index contributed by atoms with van der Waals surface area (Å²) in [5.41, 5.74) is 1.51. The van der Waals surface area contributed by atoms with E-state index in [0.717, 1.165) is 19.1 Å². The Morgan fingerprint density at radius 2 is 2.26 bits per heavy atom.